The normalized spacial score (nSPS) is 11.9. The third kappa shape index (κ3) is 7.06. The molecule has 3 aromatic rings. The summed E-state index contributed by atoms with van der Waals surface area (Å²) in [6.45, 7) is 0.228. The Kier molecular flexibility index (Phi) is 8.92. The van der Waals surface area contributed by atoms with Crippen LogP contribution in [0.3, 0.4) is 0 Å². The van der Waals surface area contributed by atoms with E-state index in [4.69, 9.17) is 5.21 Å². The van der Waals surface area contributed by atoms with Crippen molar-refractivity contribution in [3.63, 3.8) is 0 Å². The van der Waals surface area contributed by atoms with Gasteiger partial charge in [0.2, 0.25) is 5.91 Å². The maximum Gasteiger partial charge on any atom is 0.416 e. The van der Waals surface area contributed by atoms with E-state index in [1.165, 1.54) is 22.5 Å². The number of carbonyl (C=O) groups is 1. The summed E-state index contributed by atoms with van der Waals surface area (Å²) in [5, 5.41) is 10.2. The van der Waals surface area contributed by atoms with Crippen molar-refractivity contribution in [2.24, 2.45) is 0 Å². The molecule has 1 aromatic heterocycles. The van der Waals surface area contributed by atoms with Gasteiger partial charge in [0, 0.05) is 13.0 Å². The van der Waals surface area contributed by atoms with Gasteiger partial charge in [0.25, 0.3) is 10.0 Å². The first kappa shape index (κ1) is 26.7. The standard InChI is InChI=1S/C24H25F3N2O4S2/c25-24(26,27)20-12-8-18(9-13-20)19-10-14-21(15-11-19)29(35(32,33)23-7-5-17-34-23)16-4-2-1-3-6-22(30)28-31/h5,7-15,17,31H,1-4,6,16H2,(H,28,30). The smallest absolute Gasteiger partial charge is 0.289 e. The molecule has 0 aliphatic carbocycles. The number of anilines is 1. The minimum Gasteiger partial charge on any atom is -0.289 e. The number of carbonyl (C=O) groups excluding carboxylic acids is 1. The molecule has 0 saturated heterocycles. The van der Waals surface area contributed by atoms with Crippen molar-refractivity contribution in [1.82, 2.24) is 5.48 Å². The van der Waals surface area contributed by atoms with Gasteiger partial charge in [0.1, 0.15) is 4.21 Å². The van der Waals surface area contributed by atoms with Crippen LogP contribution in [0.1, 0.15) is 37.7 Å². The molecule has 1 amide bonds. The number of nitrogens with one attached hydrogen (secondary N) is 1. The highest BCUT2D eigenvalue weighted by molar-refractivity contribution is 7.94. The summed E-state index contributed by atoms with van der Waals surface area (Å²) in [7, 11) is -3.79. The van der Waals surface area contributed by atoms with Gasteiger partial charge in [-0.1, -0.05) is 43.2 Å². The molecule has 6 nitrogen and oxygen atoms in total. The quantitative estimate of drug-likeness (QED) is 0.180. The number of unbranched alkanes of at least 4 members (excludes halogenated alkanes) is 3. The van der Waals surface area contributed by atoms with Gasteiger partial charge in [-0.3, -0.25) is 14.3 Å². The van der Waals surface area contributed by atoms with Gasteiger partial charge in [-0.05, 0) is 59.7 Å². The molecule has 0 aliphatic rings. The van der Waals surface area contributed by atoms with E-state index >= 15 is 0 Å². The molecule has 3 rings (SSSR count). The first-order valence-corrected chi connectivity index (χ1v) is 13.2. The van der Waals surface area contributed by atoms with Gasteiger partial charge in [-0.2, -0.15) is 13.2 Å². The third-order valence-electron chi connectivity index (χ3n) is 5.38. The Labute approximate surface area is 206 Å². The topological polar surface area (TPSA) is 86.7 Å². The second kappa shape index (κ2) is 11.7. The number of nitrogens with zero attached hydrogens (tertiary/aromatic N) is 1. The highest BCUT2D eigenvalue weighted by atomic mass is 32.2. The van der Waals surface area contributed by atoms with Gasteiger partial charge in [0.15, 0.2) is 0 Å². The van der Waals surface area contributed by atoms with E-state index < -0.39 is 27.7 Å². The monoisotopic (exact) mass is 526 g/mol. The summed E-state index contributed by atoms with van der Waals surface area (Å²) in [5.41, 5.74) is 2.55. The van der Waals surface area contributed by atoms with Crippen LogP contribution in [-0.2, 0) is 21.0 Å². The van der Waals surface area contributed by atoms with Crippen molar-refractivity contribution in [1.29, 1.82) is 0 Å². The zero-order chi connectivity index (χ0) is 25.5. The molecule has 0 unspecified atom stereocenters. The second-order valence-corrected chi connectivity index (χ2v) is 10.9. The second-order valence-electron chi connectivity index (χ2n) is 7.83. The van der Waals surface area contributed by atoms with Crippen molar-refractivity contribution in [3.8, 4) is 11.1 Å². The Bertz CT molecular complexity index is 1200. The van der Waals surface area contributed by atoms with Crippen molar-refractivity contribution in [3.05, 3.63) is 71.6 Å². The molecule has 0 atom stereocenters. The van der Waals surface area contributed by atoms with Gasteiger partial charge < -0.3 is 0 Å². The summed E-state index contributed by atoms with van der Waals surface area (Å²) in [4.78, 5) is 11.1. The molecular weight excluding hydrogens is 501 g/mol. The number of hydroxylamine groups is 1. The molecule has 188 valence electrons. The van der Waals surface area contributed by atoms with Gasteiger partial charge in [0.05, 0.1) is 11.3 Å². The van der Waals surface area contributed by atoms with Crippen molar-refractivity contribution in [2.75, 3.05) is 10.8 Å². The fourth-order valence-electron chi connectivity index (χ4n) is 3.53. The van der Waals surface area contributed by atoms with Crippen molar-refractivity contribution >= 4 is 33.0 Å². The molecule has 0 saturated carbocycles. The zero-order valence-electron chi connectivity index (χ0n) is 18.7. The average molecular weight is 527 g/mol. The van der Waals surface area contributed by atoms with Gasteiger partial charge >= 0.3 is 6.18 Å². The maximum absolute atomic E-state index is 13.3. The van der Waals surface area contributed by atoms with Crippen LogP contribution in [0, 0.1) is 0 Å². The third-order valence-corrected chi connectivity index (χ3v) is 8.58. The Morgan fingerprint density at radius 3 is 2.06 bits per heavy atom. The predicted octanol–water partition coefficient (Wildman–Crippen LogP) is 6.09. The van der Waals surface area contributed by atoms with E-state index in [9.17, 15) is 26.4 Å². The van der Waals surface area contributed by atoms with E-state index in [0.29, 0.717) is 42.5 Å². The number of hydrogen-bond donors (Lipinski definition) is 2. The molecule has 0 bridgehead atoms. The molecule has 11 heteroatoms. The fourth-order valence-corrected chi connectivity index (χ4v) is 6.14. The van der Waals surface area contributed by atoms with Gasteiger partial charge in [-0.15, -0.1) is 11.3 Å². The minimum atomic E-state index is -4.41. The van der Waals surface area contributed by atoms with E-state index in [1.807, 2.05) is 0 Å². The van der Waals surface area contributed by atoms with Crippen LogP contribution in [0.25, 0.3) is 11.1 Å². The lowest BCUT2D eigenvalue weighted by molar-refractivity contribution is -0.137. The highest BCUT2D eigenvalue weighted by Crippen LogP contribution is 2.32. The molecule has 0 radical (unpaired) electrons. The lowest BCUT2D eigenvalue weighted by Gasteiger charge is -2.24. The van der Waals surface area contributed by atoms with Crippen LogP contribution in [0.4, 0.5) is 18.9 Å². The first-order valence-electron chi connectivity index (χ1n) is 10.9. The fraction of sp³-hybridized carbons (Fsp3) is 0.292. The lowest BCUT2D eigenvalue weighted by atomic mass is 10.0. The number of benzene rings is 2. The van der Waals surface area contributed by atoms with E-state index in [0.717, 1.165) is 23.5 Å². The number of rotatable bonds is 11. The van der Waals surface area contributed by atoms with Crippen LogP contribution in [0.15, 0.2) is 70.3 Å². The molecule has 2 N–H and O–H groups in total. The summed E-state index contributed by atoms with van der Waals surface area (Å²) in [6.07, 6.45) is -1.69. The summed E-state index contributed by atoms with van der Waals surface area (Å²) >= 11 is 1.12. The number of halogens is 3. The van der Waals surface area contributed by atoms with Crippen LogP contribution in [-0.4, -0.2) is 26.1 Å². The molecular formula is C24H25F3N2O4S2. The predicted molar refractivity (Wildman–Crippen MR) is 129 cm³/mol. The van der Waals surface area contributed by atoms with Gasteiger partial charge in [-0.25, -0.2) is 13.9 Å². The Morgan fingerprint density at radius 1 is 0.914 bits per heavy atom. The number of alkyl halides is 3. The summed E-state index contributed by atoms with van der Waals surface area (Å²) in [5.74, 6) is -0.458. The van der Waals surface area contributed by atoms with Crippen LogP contribution in [0.5, 0.6) is 0 Å². The average Bonchev–Trinajstić information content (AvgIpc) is 3.39. The molecule has 0 aliphatic heterocycles. The van der Waals surface area contributed by atoms with Crippen LogP contribution >= 0.6 is 11.3 Å². The minimum absolute atomic E-state index is 0.194. The first-order chi connectivity index (χ1) is 16.6. The van der Waals surface area contributed by atoms with E-state index in [-0.39, 0.29) is 17.2 Å². The Hall–Kier alpha value is -2.89. The molecule has 35 heavy (non-hydrogen) atoms. The molecule has 0 spiro atoms. The Morgan fingerprint density at radius 2 is 1.51 bits per heavy atom. The molecule has 1 heterocycles. The van der Waals surface area contributed by atoms with Crippen molar-refractivity contribution in [2.45, 2.75) is 42.5 Å². The maximum atomic E-state index is 13.3. The van der Waals surface area contributed by atoms with E-state index in [2.05, 4.69) is 0 Å². The zero-order valence-corrected chi connectivity index (χ0v) is 20.3. The number of hydrogen-bond acceptors (Lipinski definition) is 5. The molecule has 2 aromatic carbocycles. The van der Waals surface area contributed by atoms with E-state index in [1.54, 1.807) is 41.2 Å². The number of amides is 1. The number of sulfonamides is 1. The van der Waals surface area contributed by atoms with Crippen LogP contribution in [0.2, 0.25) is 0 Å². The van der Waals surface area contributed by atoms with Crippen LogP contribution < -0.4 is 9.79 Å². The largest absolute Gasteiger partial charge is 0.416 e. The SMILES string of the molecule is O=C(CCCCCCN(c1ccc(-c2ccc(C(F)(F)F)cc2)cc1)S(=O)(=O)c1cccs1)NO. The van der Waals surface area contributed by atoms with Crippen molar-refractivity contribution < 1.29 is 31.6 Å². The molecule has 0 fully saturated rings. The Balaban J connectivity index is 1.75. The summed E-state index contributed by atoms with van der Waals surface area (Å²) < 4.78 is 66.6. The highest BCUT2D eigenvalue weighted by Gasteiger charge is 2.30. The lowest BCUT2D eigenvalue weighted by Crippen LogP contribution is -2.31. The number of thiophene rings is 1. The summed E-state index contributed by atoms with van der Waals surface area (Å²) in [6, 6.07) is 14.6.